The first-order valence-electron chi connectivity index (χ1n) is 6.69. The topological polar surface area (TPSA) is 55.1 Å². The van der Waals surface area contributed by atoms with E-state index in [0.717, 1.165) is 11.7 Å². The van der Waals surface area contributed by atoms with E-state index in [1.165, 1.54) is 6.07 Å². The first kappa shape index (κ1) is 15.7. The lowest BCUT2D eigenvalue weighted by Crippen LogP contribution is -2.05. The largest absolute Gasteiger partial charge is 0.312 e. The summed E-state index contributed by atoms with van der Waals surface area (Å²) in [4.78, 5) is 8.39. The zero-order valence-corrected chi connectivity index (χ0v) is 13.8. The quantitative estimate of drug-likeness (QED) is 0.566. The fourth-order valence-corrected chi connectivity index (χ4v) is 2.38. The number of nitrogens with zero attached hydrogens (tertiary/aromatic N) is 4. The molecule has 3 rings (SSSR count). The minimum Gasteiger partial charge on any atom is -0.312 e. The van der Waals surface area contributed by atoms with Crippen LogP contribution in [-0.4, -0.2) is 20.2 Å². The molecular weight excluding hydrogens is 340 g/mol. The van der Waals surface area contributed by atoms with Gasteiger partial charge in [-0.05, 0) is 31.2 Å². The monoisotopic (exact) mass is 351 g/mol. The zero-order valence-electron chi connectivity index (χ0n) is 12.3. The third-order valence-corrected chi connectivity index (χ3v) is 4.07. The number of aryl methyl sites for hydroxylation is 1. The Morgan fingerprint density at radius 2 is 2.00 bits per heavy atom. The lowest BCUT2D eigenvalue weighted by molar-refractivity contribution is 0.621. The van der Waals surface area contributed by atoms with Crippen LogP contribution in [0.2, 0.25) is 10.0 Å². The van der Waals surface area contributed by atoms with Gasteiger partial charge in [-0.3, -0.25) is 4.98 Å². The number of pyridine rings is 1. The van der Waals surface area contributed by atoms with Gasteiger partial charge >= 0.3 is 0 Å². The molecule has 118 valence electrons. The molecule has 0 spiro atoms. The van der Waals surface area contributed by atoms with E-state index < -0.39 is 5.82 Å². The first-order chi connectivity index (χ1) is 11.0. The van der Waals surface area contributed by atoms with E-state index in [1.807, 2.05) is 11.6 Å². The zero-order chi connectivity index (χ0) is 16.6. The van der Waals surface area contributed by atoms with Crippen LogP contribution in [0, 0.1) is 5.82 Å². The molecule has 0 aliphatic heterocycles. The maximum absolute atomic E-state index is 12.9. The average Bonchev–Trinajstić information content (AvgIpc) is 2.82. The van der Waals surface area contributed by atoms with Gasteiger partial charge in [-0.25, -0.2) is 14.8 Å². The Morgan fingerprint density at radius 1 is 1.26 bits per heavy atom. The molecule has 2 heterocycles. The van der Waals surface area contributed by atoms with Crippen LogP contribution in [0.25, 0.3) is 11.0 Å². The van der Waals surface area contributed by atoms with Crippen LogP contribution in [0.3, 0.4) is 0 Å². The number of imidazole rings is 1. The summed E-state index contributed by atoms with van der Waals surface area (Å²) in [6.07, 6.45) is 1.15. The third-order valence-electron chi connectivity index (χ3n) is 3.34. The van der Waals surface area contributed by atoms with Crippen molar-refractivity contribution in [2.45, 2.75) is 6.92 Å². The number of hydrogen-bond donors (Lipinski definition) is 1. The molecule has 0 radical (unpaired) electrons. The van der Waals surface area contributed by atoms with E-state index in [-0.39, 0.29) is 0 Å². The number of benzene rings is 1. The Kier molecular flexibility index (Phi) is 4.19. The Hall–Kier alpha value is -2.18. The Balaban J connectivity index is 1.90. The average molecular weight is 352 g/mol. The van der Waals surface area contributed by atoms with Crippen molar-refractivity contribution in [3.63, 3.8) is 0 Å². The summed E-state index contributed by atoms with van der Waals surface area (Å²) in [6.45, 7) is 1.77. The molecule has 5 nitrogen and oxygen atoms in total. The van der Waals surface area contributed by atoms with E-state index in [4.69, 9.17) is 23.2 Å². The van der Waals surface area contributed by atoms with Gasteiger partial charge in [0.15, 0.2) is 0 Å². The Morgan fingerprint density at radius 3 is 2.70 bits per heavy atom. The molecule has 1 N–H and O–H groups in total. The van der Waals surface area contributed by atoms with Crippen LogP contribution in [0.4, 0.5) is 10.3 Å². The van der Waals surface area contributed by atoms with Crippen molar-refractivity contribution in [2.24, 2.45) is 12.1 Å². The highest BCUT2D eigenvalue weighted by molar-refractivity contribution is 6.42. The second kappa shape index (κ2) is 6.14. The molecule has 1 aromatic carbocycles. The molecule has 2 aromatic heterocycles. The van der Waals surface area contributed by atoms with Crippen molar-refractivity contribution < 1.29 is 4.39 Å². The summed E-state index contributed by atoms with van der Waals surface area (Å²) in [5.41, 5.74) is 5.59. The van der Waals surface area contributed by atoms with Crippen LogP contribution in [0.1, 0.15) is 12.6 Å². The van der Waals surface area contributed by atoms with Gasteiger partial charge in [0.2, 0.25) is 5.95 Å². The molecule has 0 atom stereocenters. The molecule has 0 bridgehead atoms. The maximum Gasteiger partial charge on any atom is 0.224 e. The fraction of sp³-hybridized carbons (Fsp3) is 0.133. The number of anilines is 1. The van der Waals surface area contributed by atoms with Gasteiger partial charge in [0, 0.05) is 7.05 Å². The number of nitrogens with one attached hydrogen (secondary N) is 1. The van der Waals surface area contributed by atoms with Crippen LogP contribution >= 0.6 is 23.2 Å². The predicted molar refractivity (Wildman–Crippen MR) is 90.8 cm³/mol. The van der Waals surface area contributed by atoms with Crippen molar-refractivity contribution in [2.75, 3.05) is 5.43 Å². The van der Waals surface area contributed by atoms with Gasteiger partial charge in [0.25, 0.3) is 0 Å². The molecule has 0 aliphatic rings. The van der Waals surface area contributed by atoms with Crippen LogP contribution in [-0.2, 0) is 7.05 Å². The van der Waals surface area contributed by atoms with Crippen molar-refractivity contribution >= 4 is 45.9 Å². The maximum atomic E-state index is 12.9. The number of hydrazone groups is 1. The minimum absolute atomic E-state index is 0.390. The summed E-state index contributed by atoms with van der Waals surface area (Å²) in [5, 5.41) is 5.13. The summed E-state index contributed by atoms with van der Waals surface area (Å²) in [7, 11) is 1.84. The summed E-state index contributed by atoms with van der Waals surface area (Å²) in [5.74, 6) is 0.137. The standard InChI is InChI=1S/C15H12Cl2FN5/c1-8(12-4-3-9(18)7-19-12)21-22-15-20-13-5-10(16)11(17)6-14(13)23(15)2/h3-7H,1-2H3,(H,20,22)/b21-8+. The normalized spacial score (nSPS) is 12.0. The second-order valence-corrected chi connectivity index (χ2v) is 5.73. The molecule has 23 heavy (non-hydrogen) atoms. The molecule has 0 aliphatic carbocycles. The van der Waals surface area contributed by atoms with E-state index >= 15 is 0 Å². The fourth-order valence-electron chi connectivity index (χ4n) is 2.07. The number of hydrogen-bond acceptors (Lipinski definition) is 4. The minimum atomic E-state index is -0.390. The van der Waals surface area contributed by atoms with Crippen molar-refractivity contribution in [1.82, 2.24) is 14.5 Å². The van der Waals surface area contributed by atoms with Crippen molar-refractivity contribution in [1.29, 1.82) is 0 Å². The number of fused-ring (bicyclic) bond motifs is 1. The number of aromatic nitrogens is 3. The molecule has 0 saturated carbocycles. The molecule has 3 aromatic rings. The summed E-state index contributed by atoms with van der Waals surface area (Å²) < 4.78 is 14.7. The second-order valence-electron chi connectivity index (χ2n) is 4.92. The van der Waals surface area contributed by atoms with Gasteiger partial charge in [-0.15, -0.1) is 0 Å². The highest BCUT2D eigenvalue weighted by Gasteiger charge is 2.10. The number of halogens is 3. The van der Waals surface area contributed by atoms with Gasteiger partial charge in [0.05, 0.1) is 38.7 Å². The van der Waals surface area contributed by atoms with Gasteiger partial charge in [-0.1, -0.05) is 23.2 Å². The smallest absolute Gasteiger partial charge is 0.224 e. The van der Waals surface area contributed by atoms with E-state index in [9.17, 15) is 4.39 Å². The van der Waals surface area contributed by atoms with Gasteiger partial charge in [0.1, 0.15) is 5.82 Å². The van der Waals surface area contributed by atoms with E-state index in [2.05, 4.69) is 20.5 Å². The molecule has 0 unspecified atom stereocenters. The van der Waals surface area contributed by atoms with Gasteiger partial charge in [-0.2, -0.15) is 5.10 Å². The van der Waals surface area contributed by atoms with E-state index in [0.29, 0.717) is 32.9 Å². The van der Waals surface area contributed by atoms with E-state index in [1.54, 1.807) is 25.1 Å². The lowest BCUT2D eigenvalue weighted by Gasteiger charge is -2.03. The molecule has 0 amide bonds. The highest BCUT2D eigenvalue weighted by Crippen LogP contribution is 2.28. The molecule has 8 heteroatoms. The number of rotatable bonds is 3. The molecular formula is C15H12Cl2FN5. The third kappa shape index (κ3) is 3.13. The highest BCUT2D eigenvalue weighted by atomic mass is 35.5. The molecule has 0 fully saturated rings. The summed E-state index contributed by atoms with van der Waals surface area (Å²) >= 11 is 12.0. The Bertz CT molecular complexity index is 902. The van der Waals surface area contributed by atoms with Crippen LogP contribution < -0.4 is 5.43 Å². The predicted octanol–water partition coefficient (Wildman–Crippen LogP) is 4.25. The first-order valence-corrected chi connectivity index (χ1v) is 7.45. The van der Waals surface area contributed by atoms with Crippen LogP contribution in [0.5, 0.6) is 0 Å². The van der Waals surface area contributed by atoms with Crippen molar-refractivity contribution in [3.8, 4) is 0 Å². The van der Waals surface area contributed by atoms with Gasteiger partial charge < -0.3 is 4.57 Å². The molecule has 0 saturated heterocycles. The Labute approximate surface area is 141 Å². The lowest BCUT2D eigenvalue weighted by atomic mass is 10.2. The SMILES string of the molecule is C/C(=N\Nc1nc2cc(Cl)c(Cl)cc2n1C)c1ccc(F)cn1. The van der Waals surface area contributed by atoms with Crippen molar-refractivity contribution in [3.05, 3.63) is 52.0 Å². The summed E-state index contributed by atoms with van der Waals surface area (Å²) in [6, 6.07) is 6.34. The van der Waals surface area contributed by atoms with Crippen LogP contribution in [0.15, 0.2) is 35.6 Å².